The van der Waals surface area contributed by atoms with E-state index in [0.29, 0.717) is 5.02 Å². The second-order valence-electron chi connectivity index (χ2n) is 6.09. The third-order valence-electron chi connectivity index (χ3n) is 3.62. The molecule has 1 rings (SSSR count). The van der Waals surface area contributed by atoms with Crippen LogP contribution in [-0.4, -0.2) is 22.2 Å². The average molecular weight is 314 g/mol. The summed E-state index contributed by atoms with van der Waals surface area (Å²) >= 11 is 6.06. The molecular weight excluding hydrogens is 286 g/mol. The maximum Gasteiger partial charge on any atom is 0.241 e. The number of unbranched alkanes of at least 4 members (excludes halogenated alkanes) is 3. The first kappa shape index (κ1) is 18.0. The number of nitrogens with zero attached hydrogens (tertiary/aromatic N) is 2. The molecule has 0 aliphatic carbocycles. The second-order valence-corrected chi connectivity index (χ2v) is 6.47. The number of amides is 1. The molecule has 0 spiro atoms. The number of carbonyl (C=O) groups excluding carboxylic acids is 1. The van der Waals surface area contributed by atoms with E-state index in [-0.39, 0.29) is 12.5 Å². The van der Waals surface area contributed by atoms with Crippen molar-refractivity contribution >= 4 is 17.5 Å². The van der Waals surface area contributed by atoms with Gasteiger partial charge in [-0.2, -0.15) is 5.10 Å². The molecule has 5 heteroatoms. The lowest BCUT2D eigenvalue weighted by Gasteiger charge is -2.07. The zero-order valence-electron chi connectivity index (χ0n) is 13.7. The van der Waals surface area contributed by atoms with Crippen molar-refractivity contribution in [3.05, 3.63) is 16.4 Å². The van der Waals surface area contributed by atoms with Crippen molar-refractivity contribution in [2.24, 2.45) is 5.92 Å². The molecule has 1 N–H and O–H groups in total. The van der Waals surface area contributed by atoms with Gasteiger partial charge in [0.1, 0.15) is 6.54 Å². The predicted octanol–water partition coefficient (Wildman–Crippen LogP) is 3.88. The van der Waals surface area contributed by atoms with Gasteiger partial charge in [0.25, 0.3) is 0 Å². The molecule has 1 aromatic heterocycles. The summed E-state index contributed by atoms with van der Waals surface area (Å²) in [6.07, 6.45) is 6.06. The van der Waals surface area contributed by atoms with Gasteiger partial charge in [-0.1, -0.05) is 51.1 Å². The highest BCUT2D eigenvalue weighted by Crippen LogP contribution is 2.18. The van der Waals surface area contributed by atoms with E-state index in [9.17, 15) is 4.79 Å². The Kier molecular flexibility index (Phi) is 7.79. The van der Waals surface area contributed by atoms with Crippen molar-refractivity contribution in [3.8, 4) is 0 Å². The van der Waals surface area contributed by atoms with Crippen molar-refractivity contribution < 1.29 is 4.79 Å². The molecule has 0 saturated heterocycles. The van der Waals surface area contributed by atoms with Gasteiger partial charge in [0, 0.05) is 6.54 Å². The van der Waals surface area contributed by atoms with Crippen LogP contribution in [0.25, 0.3) is 0 Å². The number of aromatic nitrogens is 2. The van der Waals surface area contributed by atoms with Crippen LogP contribution in [0.3, 0.4) is 0 Å². The molecule has 0 radical (unpaired) electrons. The number of carbonyl (C=O) groups is 1. The highest BCUT2D eigenvalue weighted by molar-refractivity contribution is 6.31. The largest absolute Gasteiger partial charge is 0.354 e. The van der Waals surface area contributed by atoms with Gasteiger partial charge in [-0.05, 0) is 26.2 Å². The topological polar surface area (TPSA) is 46.9 Å². The quantitative estimate of drug-likeness (QED) is 0.703. The Bertz CT molecular complexity index is 455. The Hall–Kier alpha value is -1.03. The Balaban J connectivity index is 2.15. The van der Waals surface area contributed by atoms with E-state index in [1.54, 1.807) is 4.68 Å². The number of halogens is 1. The normalized spacial score (nSPS) is 11.1. The molecule has 4 nitrogen and oxygen atoms in total. The van der Waals surface area contributed by atoms with Crippen LogP contribution in [0.1, 0.15) is 57.3 Å². The van der Waals surface area contributed by atoms with Crippen molar-refractivity contribution in [1.82, 2.24) is 15.1 Å². The minimum atomic E-state index is -0.000512. The molecular formula is C16H28ClN3O. The van der Waals surface area contributed by atoms with E-state index in [1.807, 2.05) is 13.8 Å². The third kappa shape index (κ3) is 6.51. The molecule has 120 valence electrons. The monoisotopic (exact) mass is 313 g/mol. The molecule has 21 heavy (non-hydrogen) atoms. The standard InChI is InChI=1S/C16H28ClN3O/c1-12(2)9-7-5-6-8-10-18-15(21)11-20-14(4)16(17)13(3)19-20/h12H,5-11H2,1-4H3,(H,18,21). The minimum absolute atomic E-state index is 0.000512. The number of nitrogens with one attached hydrogen (secondary N) is 1. The van der Waals surface area contributed by atoms with Crippen LogP contribution in [0.5, 0.6) is 0 Å². The maximum atomic E-state index is 11.8. The molecule has 0 bridgehead atoms. The van der Waals surface area contributed by atoms with Crippen molar-refractivity contribution in [3.63, 3.8) is 0 Å². The highest BCUT2D eigenvalue weighted by Gasteiger charge is 2.11. The smallest absolute Gasteiger partial charge is 0.241 e. The van der Waals surface area contributed by atoms with Gasteiger partial charge < -0.3 is 5.32 Å². The SMILES string of the molecule is Cc1nn(CC(=O)NCCCCCCC(C)C)c(C)c1Cl. The molecule has 1 aromatic rings. The zero-order valence-corrected chi connectivity index (χ0v) is 14.5. The van der Waals surface area contributed by atoms with Crippen LogP contribution in [0, 0.1) is 19.8 Å². The second kappa shape index (κ2) is 9.08. The maximum absolute atomic E-state index is 11.8. The van der Waals surface area contributed by atoms with Crippen molar-refractivity contribution in [2.75, 3.05) is 6.54 Å². The van der Waals surface area contributed by atoms with Gasteiger partial charge in [0.2, 0.25) is 5.91 Å². The Labute approximate surface area is 133 Å². The van der Waals surface area contributed by atoms with Crippen LogP contribution in [0.2, 0.25) is 5.02 Å². The summed E-state index contributed by atoms with van der Waals surface area (Å²) in [6.45, 7) is 9.22. The summed E-state index contributed by atoms with van der Waals surface area (Å²) < 4.78 is 1.66. The number of rotatable bonds is 9. The summed E-state index contributed by atoms with van der Waals surface area (Å²) in [5, 5.41) is 7.85. The van der Waals surface area contributed by atoms with E-state index in [1.165, 1.54) is 25.7 Å². The van der Waals surface area contributed by atoms with E-state index in [2.05, 4.69) is 24.3 Å². The Morgan fingerprint density at radius 1 is 1.24 bits per heavy atom. The fourth-order valence-electron chi connectivity index (χ4n) is 2.28. The Morgan fingerprint density at radius 2 is 1.90 bits per heavy atom. The van der Waals surface area contributed by atoms with Crippen LogP contribution < -0.4 is 5.32 Å². The van der Waals surface area contributed by atoms with Gasteiger partial charge in [-0.3, -0.25) is 9.48 Å². The summed E-state index contributed by atoms with van der Waals surface area (Å²) in [5.41, 5.74) is 1.62. The number of hydrogen-bond acceptors (Lipinski definition) is 2. The summed E-state index contributed by atoms with van der Waals surface area (Å²) in [6, 6.07) is 0. The lowest BCUT2D eigenvalue weighted by molar-refractivity contribution is -0.121. The Morgan fingerprint density at radius 3 is 2.48 bits per heavy atom. The van der Waals surface area contributed by atoms with E-state index in [0.717, 1.165) is 30.3 Å². The fourth-order valence-corrected chi connectivity index (χ4v) is 2.42. The summed E-state index contributed by atoms with van der Waals surface area (Å²) in [4.78, 5) is 11.8. The van der Waals surface area contributed by atoms with Crippen LogP contribution in [0.15, 0.2) is 0 Å². The van der Waals surface area contributed by atoms with E-state index >= 15 is 0 Å². The average Bonchev–Trinajstić information content (AvgIpc) is 2.65. The first-order valence-electron chi connectivity index (χ1n) is 7.88. The minimum Gasteiger partial charge on any atom is -0.354 e. The highest BCUT2D eigenvalue weighted by atomic mass is 35.5. The first-order valence-corrected chi connectivity index (χ1v) is 8.25. The van der Waals surface area contributed by atoms with E-state index in [4.69, 9.17) is 11.6 Å². The fraction of sp³-hybridized carbons (Fsp3) is 0.750. The zero-order chi connectivity index (χ0) is 15.8. The van der Waals surface area contributed by atoms with Gasteiger partial charge in [0.15, 0.2) is 0 Å². The molecule has 1 amide bonds. The van der Waals surface area contributed by atoms with Crippen molar-refractivity contribution in [1.29, 1.82) is 0 Å². The molecule has 0 saturated carbocycles. The van der Waals surface area contributed by atoms with Crippen molar-refractivity contribution in [2.45, 2.75) is 66.3 Å². The van der Waals surface area contributed by atoms with Gasteiger partial charge in [-0.15, -0.1) is 0 Å². The molecule has 1 heterocycles. The first-order chi connectivity index (χ1) is 9.91. The molecule has 0 aliphatic heterocycles. The summed E-state index contributed by atoms with van der Waals surface area (Å²) in [7, 11) is 0. The lowest BCUT2D eigenvalue weighted by Crippen LogP contribution is -2.29. The number of aryl methyl sites for hydroxylation is 1. The number of hydrogen-bond donors (Lipinski definition) is 1. The molecule has 0 atom stereocenters. The van der Waals surface area contributed by atoms with Crippen LogP contribution in [-0.2, 0) is 11.3 Å². The third-order valence-corrected chi connectivity index (χ3v) is 4.16. The summed E-state index contributed by atoms with van der Waals surface area (Å²) in [5.74, 6) is 0.789. The molecule has 0 fully saturated rings. The van der Waals surface area contributed by atoms with Gasteiger partial charge in [-0.25, -0.2) is 0 Å². The predicted molar refractivity (Wildman–Crippen MR) is 87.6 cm³/mol. The molecule has 0 unspecified atom stereocenters. The van der Waals surface area contributed by atoms with Gasteiger partial charge >= 0.3 is 0 Å². The lowest BCUT2D eigenvalue weighted by atomic mass is 10.0. The van der Waals surface area contributed by atoms with E-state index < -0.39 is 0 Å². The van der Waals surface area contributed by atoms with Gasteiger partial charge in [0.05, 0.1) is 16.4 Å². The molecule has 0 aromatic carbocycles. The van der Waals surface area contributed by atoms with Crippen LogP contribution in [0.4, 0.5) is 0 Å². The molecule has 0 aliphatic rings. The van der Waals surface area contributed by atoms with Crippen LogP contribution >= 0.6 is 11.6 Å².